The van der Waals surface area contributed by atoms with Gasteiger partial charge in [0.1, 0.15) is 0 Å². The minimum absolute atomic E-state index is 0.188. The second kappa shape index (κ2) is 14.6. The molecule has 0 fully saturated rings. The fourth-order valence-electron chi connectivity index (χ4n) is 11.0. The number of fused-ring (bicyclic) bond motifs is 9. The summed E-state index contributed by atoms with van der Waals surface area (Å²) in [5.41, 5.74) is 15.8. The molecule has 65 heavy (non-hydrogen) atoms. The van der Waals surface area contributed by atoms with E-state index < -0.39 is 0 Å². The third-order valence-electron chi connectivity index (χ3n) is 14.0. The number of benzene rings is 11. The average Bonchev–Trinajstić information content (AvgIpc) is 3.84. The number of hydrogen-bond donors (Lipinski definition) is 0. The molecule has 1 aliphatic rings. The summed E-state index contributed by atoms with van der Waals surface area (Å²) in [6.45, 7) is 4.79. The van der Waals surface area contributed by atoms with Gasteiger partial charge in [0.25, 0.3) is 0 Å². The second-order valence-electron chi connectivity index (χ2n) is 18.0. The van der Waals surface area contributed by atoms with Gasteiger partial charge in [-0.1, -0.05) is 190 Å². The third-order valence-corrected chi connectivity index (χ3v) is 15.1. The Kier molecular flexibility index (Phi) is 8.50. The lowest BCUT2D eigenvalue weighted by molar-refractivity contribution is 0.662. The molecule has 1 aliphatic carbocycles. The van der Waals surface area contributed by atoms with Gasteiger partial charge in [-0.2, -0.15) is 0 Å². The second-order valence-corrected chi connectivity index (χ2v) is 19.1. The molecule has 12 aromatic rings. The average molecular weight is 846 g/mol. The van der Waals surface area contributed by atoms with Crippen LogP contribution in [-0.4, -0.2) is 0 Å². The highest BCUT2D eigenvalue weighted by Gasteiger charge is 2.38. The lowest BCUT2D eigenvalue weighted by Gasteiger charge is -2.32. The van der Waals surface area contributed by atoms with Crippen LogP contribution in [0.2, 0.25) is 0 Å². The third kappa shape index (κ3) is 5.91. The van der Waals surface area contributed by atoms with Crippen molar-refractivity contribution in [2.45, 2.75) is 19.3 Å². The Bertz CT molecular complexity index is 3890. The van der Waals surface area contributed by atoms with Gasteiger partial charge in [-0.05, 0) is 125 Å². The van der Waals surface area contributed by atoms with Crippen molar-refractivity contribution in [1.29, 1.82) is 0 Å². The highest BCUT2D eigenvalue weighted by atomic mass is 32.1. The Morgan fingerprint density at radius 1 is 0.369 bits per heavy atom. The molecule has 1 nitrogen and oxygen atoms in total. The highest BCUT2D eigenvalue weighted by Crippen LogP contribution is 2.55. The summed E-state index contributed by atoms with van der Waals surface area (Å²) in [7, 11) is 0. The van der Waals surface area contributed by atoms with Crippen LogP contribution in [0.4, 0.5) is 17.1 Å². The van der Waals surface area contributed by atoms with Gasteiger partial charge < -0.3 is 4.90 Å². The Labute approximate surface area is 383 Å². The molecular formula is C63H43NS. The number of nitrogens with zero attached hydrogens (tertiary/aromatic N) is 1. The van der Waals surface area contributed by atoms with Crippen LogP contribution in [0.15, 0.2) is 224 Å². The first-order valence-electron chi connectivity index (χ1n) is 22.6. The number of anilines is 3. The van der Waals surface area contributed by atoms with Crippen molar-refractivity contribution in [3.05, 3.63) is 236 Å². The monoisotopic (exact) mass is 845 g/mol. The van der Waals surface area contributed by atoms with Crippen molar-refractivity contribution in [3.63, 3.8) is 0 Å². The van der Waals surface area contributed by atoms with Crippen molar-refractivity contribution in [2.75, 3.05) is 4.90 Å². The zero-order valence-corrected chi connectivity index (χ0v) is 37.0. The SMILES string of the molecule is CC1(C)c2ccccc2-c2cccc(-c3ccccc3N(c3ccc4ccccc4c3)c3cccc(-c4cccc5sc6cc7ccccc7cc6c45)c3-c3ccc4ccccc4c3)c21. The molecule has 0 amide bonds. The van der Waals surface area contributed by atoms with E-state index in [1.54, 1.807) is 0 Å². The summed E-state index contributed by atoms with van der Waals surface area (Å²) < 4.78 is 2.60. The Morgan fingerprint density at radius 3 is 1.69 bits per heavy atom. The van der Waals surface area contributed by atoms with Crippen LogP contribution in [0.5, 0.6) is 0 Å². The van der Waals surface area contributed by atoms with Crippen molar-refractivity contribution < 1.29 is 0 Å². The summed E-state index contributed by atoms with van der Waals surface area (Å²) in [6.07, 6.45) is 0. The molecule has 306 valence electrons. The number of thiophene rings is 1. The molecule has 1 heterocycles. The van der Waals surface area contributed by atoms with E-state index >= 15 is 0 Å². The van der Waals surface area contributed by atoms with Gasteiger partial charge in [-0.15, -0.1) is 11.3 Å². The van der Waals surface area contributed by atoms with E-state index in [1.807, 2.05) is 11.3 Å². The topological polar surface area (TPSA) is 3.24 Å². The molecule has 0 saturated heterocycles. The maximum absolute atomic E-state index is 2.55. The predicted molar refractivity (Wildman–Crippen MR) is 280 cm³/mol. The summed E-state index contributed by atoms with van der Waals surface area (Å²) in [5, 5.41) is 10.0. The van der Waals surface area contributed by atoms with Gasteiger partial charge in [-0.3, -0.25) is 0 Å². The molecule has 1 aromatic heterocycles. The van der Waals surface area contributed by atoms with E-state index in [-0.39, 0.29) is 5.41 Å². The van der Waals surface area contributed by atoms with Gasteiger partial charge in [0.2, 0.25) is 0 Å². The molecule has 0 bridgehead atoms. The Hall–Kier alpha value is -7.78. The van der Waals surface area contributed by atoms with E-state index in [4.69, 9.17) is 0 Å². The van der Waals surface area contributed by atoms with Crippen LogP contribution in [-0.2, 0) is 5.41 Å². The van der Waals surface area contributed by atoms with Crippen LogP contribution in [0.3, 0.4) is 0 Å². The molecule has 11 aromatic carbocycles. The maximum Gasteiger partial charge on any atom is 0.0546 e. The maximum atomic E-state index is 2.55. The normalized spacial score (nSPS) is 12.9. The summed E-state index contributed by atoms with van der Waals surface area (Å²) >= 11 is 1.89. The van der Waals surface area contributed by atoms with Crippen LogP contribution in [0.1, 0.15) is 25.0 Å². The lowest BCUT2D eigenvalue weighted by atomic mass is 9.78. The Morgan fingerprint density at radius 2 is 0.908 bits per heavy atom. The molecule has 0 unspecified atom stereocenters. The largest absolute Gasteiger partial charge is 0.309 e. The Balaban J connectivity index is 1.13. The zero-order valence-electron chi connectivity index (χ0n) is 36.2. The summed E-state index contributed by atoms with van der Waals surface area (Å²) in [5.74, 6) is 0. The van der Waals surface area contributed by atoms with Gasteiger partial charge in [0.15, 0.2) is 0 Å². The first kappa shape index (κ1) is 37.7. The number of para-hydroxylation sites is 1. The molecule has 0 spiro atoms. The molecule has 0 radical (unpaired) electrons. The van der Waals surface area contributed by atoms with Gasteiger partial charge in [0.05, 0.1) is 11.4 Å². The zero-order chi connectivity index (χ0) is 43.2. The molecule has 0 N–H and O–H groups in total. The van der Waals surface area contributed by atoms with Crippen molar-refractivity contribution >= 4 is 80.9 Å². The lowest BCUT2D eigenvalue weighted by Crippen LogP contribution is -2.17. The van der Waals surface area contributed by atoms with Crippen molar-refractivity contribution in [3.8, 4) is 44.5 Å². The summed E-state index contributed by atoms with van der Waals surface area (Å²) in [4.78, 5) is 2.55. The first-order chi connectivity index (χ1) is 32.0. The van der Waals surface area contributed by atoms with E-state index in [1.165, 1.54) is 108 Å². The van der Waals surface area contributed by atoms with Crippen LogP contribution < -0.4 is 4.90 Å². The fourth-order valence-corrected chi connectivity index (χ4v) is 12.2. The summed E-state index contributed by atoms with van der Waals surface area (Å²) in [6, 6.07) is 83.8. The minimum Gasteiger partial charge on any atom is -0.309 e. The van der Waals surface area contributed by atoms with E-state index in [0.717, 1.165) is 17.1 Å². The first-order valence-corrected chi connectivity index (χ1v) is 23.4. The van der Waals surface area contributed by atoms with Gasteiger partial charge in [0, 0.05) is 42.4 Å². The van der Waals surface area contributed by atoms with E-state index in [0.29, 0.717) is 0 Å². The van der Waals surface area contributed by atoms with Gasteiger partial charge in [-0.25, -0.2) is 0 Å². The van der Waals surface area contributed by atoms with Crippen molar-refractivity contribution in [2.24, 2.45) is 0 Å². The number of rotatable bonds is 6. The van der Waals surface area contributed by atoms with E-state index in [2.05, 4.69) is 243 Å². The van der Waals surface area contributed by atoms with Crippen LogP contribution in [0, 0.1) is 0 Å². The van der Waals surface area contributed by atoms with Gasteiger partial charge >= 0.3 is 0 Å². The standard InChI is InChI=1S/C63H43NS/c1-63(2)55-28-11-9-22-48(55)52-26-13-27-53(62(52)63)49-23-10-12-29-56(49)64(47-35-34-41-17-4-6-19-43(41)37-47)57-30-14-24-50(60(57)46-33-32-40-16-3-5-18-42(40)36-46)51-25-15-31-58-61(51)54-38-44-20-7-8-21-45(44)39-59(54)65-58/h3-39H,1-2H3. The minimum atomic E-state index is -0.188. The molecule has 2 heteroatoms. The molecule has 0 aliphatic heterocycles. The van der Waals surface area contributed by atoms with Crippen LogP contribution in [0.25, 0.3) is 97.0 Å². The molecular weight excluding hydrogens is 803 g/mol. The van der Waals surface area contributed by atoms with E-state index in [9.17, 15) is 0 Å². The fraction of sp³-hybridized carbons (Fsp3) is 0.0476. The highest BCUT2D eigenvalue weighted by molar-refractivity contribution is 7.26. The molecule has 0 saturated carbocycles. The molecule has 0 atom stereocenters. The van der Waals surface area contributed by atoms with Crippen LogP contribution >= 0.6 is 11.3 Å². The quantitative estimate of drug-likeness (QED) is 0.161. The molecule has 13 rings (SSSR count). The smallest absolute Gasteiger partial charge is 0.0546 e. The number of hydrogen-bond acceptors (Lipinski definition) is 2. The predicted octanol–water partition coefficient (Wildman–Crippen LogP) is 18.3. The van der Waals surface area contributed by atoms with Crippen molar-refractivity contribution in [1.82, 2.24) is 0 Å².